The summed E-state index contributed by atoms with van der Waals surface area (Å²) in [5.41, 5.74) is 1.05. The van der Waals surface area contributed by atoms with Crippen LogP contribution in [0, 0.1) is 5.92 Å². The smallest absolute Gasteiger partial charge is 0.170 e. The monoisotopic (exact) mass is 317 g/mol. The van der Waals surface area contributed by atoms with Crippen molar-refractivity contribution in [1.29, 1.82) is 0 Å². The van der Waals surface area contributed by atoms with E-state index in [0.29, 0.717) is 5.92 Å². The van der Waals surface area contributed by atoms with Crippen molar-refractivity contribution in [3.63, 3.8) is 0 Å². The first-order chi connectivity index (χ1) is 10.2. The molecule has 0 aliphatic carbocycles. The number of hydrogen-bond acceptors (Lipinski definition) is 3. The van der Waals surface area contributed by atoms with Crippen LogP contribution in [0.3, 0.4) is 0 Å². The molecule has 1 fully saturated rings. The number of thiophene rings is 1. The van der Waals surface area contributed by atoms with Gasteiger partial charge < -0.3 is 10.2 Å². The van der Waals surface area contributed by atoms with E-state index in [1.807, 2.05) is 18.3 Å². The van der Waals surface area contributed by atoms with Gasteiger partial charge in [-0.1, -0.05) is 26.0 Å². The third-order valence-corrected chi connectivity index (χ3v) is 4.89. The topological polar surface area (TPSA) is 28.2 Å². The van der Waals surface area contributed by atoms with Gasteiger partial charge in [-0.25, -0.2) is 0 Å². The lowest BCUT2D eigenvalue weighted by Crippen LogP contribution is -2.32. The third kappa shape index (κ3) is 2.94. The van der Waals surface area contributed by atoms with E-state index in [-0.39, 0.29) is 12.1 Å². The molecule has 0 spiro atoms. The Morgan fingerprint density at radius 1 is 1.33 bits per heavy atom. The van der Waals surface area contributed by atoms with Crippen molar-refractivity contribution in [2.24, 2.45) is 5.92 Å². The van der Waals surface area contributed by atoms with Crippen molar-refractivity contribution >= 4 is 28.7 Å². The van der Waals surface area contributed by atoms with Gasteiger partial charge in [0.1, 0.15) is 0 Å². The highest BCUT2D eigenvalue weighted by Crippen LogP contribution is 2.40. The van der Waals surface area contributed by atoms with E-state index in [1.54, 1.807) is 11.3 Å². The summed E-state index contributed by atoms with van der Waals surface area (Å²) in [7, 11) is 0. The highest BCUT2D eigenvalue weighted by Gasteiger charge is 2.40. The van der Waals surface area contributed by atoms with E-state index in [2.05, 4.69) is 52.6 Å². The van der Waals surface area contributed by atoms with Crippen molar-refractivity contribution in [2.45, 2.75) is 25.9 Å². The minimum absolute atomic E-state index is 0.121. The predicted molar refractivity (Wildman–Crippen MR) is 91.3 cm³/mol. The van der Waals surface area contributed by atoms with Crippen molar-refractivity contribution in [3.8, 4) is 0 Å². The number of nitrogens with one attached hydrogen (secondary N) is 1. The molecule has 5 heteroatoms. The van der Waals surface area contributed by atoms with Gasteiger partial charge in [0.15, 0.2) is 5.11 Å². The van der Waals surface area contributed by atoms with Crippen molar-refractivity contribution in [3.05, 3.63) is 52.5 Å². The SMILES string of the molecule is CC(C)CN1C(=S)N[C@@H](c2ccccn2)[C@@H]1c1cccs1. The molecule has 2 aromatic heterocycles. The highest BCUT2D eigenvalue weighted by atomic mass is 32.1. The molecule has 0 aromatic carbocycles. The lowest BCUT2D eigenvalue weighted by Gasteiger charge is -2.28. The highest BCUT2D eigenvalue weighted by molar-refractivity contribution is 7.80. The Morgan fingerprint density at radius 2 is 2.19 bits per heavy atom. The molecule has 0 amide bonds. The zero-order valence-corrected chi connectivity index (χ0v) is 13.8. The summed E-state index contributed by atoms with van der Waals surface area (Å²) in [5, 5.41) is 6.42. The first-order valence-corrected chi connectivity index (χ1v) is 8.47. The molecule has 1 saturated heterocycles. The van der Waals surface area contributed by atoms with Crippen LogP contribution in [-0.2, 0) is 0 Å². The fraction of sp³-hybridized carbons (Fsp3) is 0.375. The van der Waals surface area contributed by atoms with Gasteiger partial charge in [0.2, 0.25) is 0 Å². The standard InChI is InChI=1S/C16H19N3S2/c1-11(2)10-19-15(13-7-5-9-21-13)14(18-16(19)20)12-6-3-4-8-17-12/h3-9,11,14-15H,10H2,1-2H3,(H,18,20)/t14-,15-/m0/s1. The second kappa shape index (κ2) is 6.12. The van der Waals surface area contributed by atoms with Crippen LogP contribution in [-0.4, -0.2) is 21.5 Å². The molecule has 2 aromatic rings. The Hall–Kier alpha value is -1.46. The van der Waals surface area contributed by atoms with Crippen molar-refractivity contribution in [2.75, 3.05) is 6.54 Å². The van der Waals surface area contributed by atoms with Gasteiger partial charge in [-0.3, -0.25) is 4.98 Å². The second-order valence-electron chi connectivity index (χ2n) is 5.69. The van der Waals surface area contributed by atoms with Crippen LogP contribution in [0.4, 0.5) is 0 Å². The van der Waals surface area contributed by atoms with E-state index in [1.165, 1.54) is 4.88 Å². The molecule has 0 unspecified atom stereocenters. The molecule has 3 nitrogen and oxygen atoms in total. The van der Waals surface area contributed by atoms with E-state index in [9.17, 15) is 0 Å². The number of rotatable bonds is 4. The van der Waals surface area contributed by atoms with Gasteiger partial charge in [-0.05, 0) is 41.7 Å². The molecule has 110 valence electrons. The lowest BCUT2D eigenvalue weighted by molar-refractivity contribution is 0.291. The van der Waals surface area contributed by atoms with Crippen LogP contribution in [0.1, 0.15) is 36.5 Å². The number of hydrogen-bond donors (Lipinski definition) is 1. The van der Waals surface area contributed by atoms with Gasteiger partial charge >= 0.3 is 0 Å². The lowest BCUT2D eigenvalue weighted by atomic mass is 10.0. The summed E-state index contributed by atoms with van der Waals surface area (Å²) in [6.07, 6.45) is 1.84. The Morgan fingerprint density at radius 3 is 2.81 bits per heavy atom. The van der Waals surface area contributed by atoms with Crippen molar-refractivity contribution in [1.82, 2.24) is 15.2 Å². The Kier molecular flexibility index (Phi) is 4.22. The quantitative estimate of drug-likeness (QED) is 0.869. The molecule has 0 bridgehead atoms. The summed E-state index contributed by atoms with van der Waals surface area (Å²) in [5.74, 6) is 0.565. The first-order valence-electron chi connectivity index (χ1n) is 7.18. The van der Waals surface area contributed by atoms with Crippen LogP contribution in [0.2, 0.25) is 0 Å². The van der Waals surface area contributed by atoms with E-state index in [0.717, 1.165) is 17.4 Å². The number of pyridine rings is 1. The maximum atomic E-state index is 5.58. The van der Waals surface area contributed by atoms with Gasteiger partial charge in [0.25, 0.3) is 0 Å². The van der Waals surface area contributed by atoms with Gasteiger partial charge in [0, 0.05) is 17.6 Å². The number of aromatic nitrogens is 1. The fourth-order valence-corrected chi connectivity index (χ4v) is 3.95. The van der Waals surface area contributed by atoms with E-state index < -0.39 is 0 Å². The minimum Gasteiger partial charge on any atom is -0.352 e. The molecule has 1 N–H and O–H groups in total. The molecule has 1 aliphatic rings. The van der Waals surface area contributed by atoms with Gasteiger partial charge in [-0.2, -0.15) is 0 Å². The van der Waals surface area contributed by atoms with Crippen LogP contribution in [0.5, 0.6) is 0 Å². The zero-order valence-electron chi connectivity index (χ0n) is 12.2. The van der Waals surface area contributed by atoms with Crippen LogP contribution < -0.4 is 5.32 Å². The molecule has 1 aliphatic heterocycles. The molecule has 3 rings (SSSR count). The first kappa shape index (κ1) is 14.5. The summed E-state index contributed by atoms with van der Waals surface area (Å²) >= 11 is 7.36. The van der Waals surface area contributed by atoms with Crippen LogP contribution in [0.15, 0.2) is 41.9 Å². The summed E-state index contributed by atoms with van der Waals surface area (Å²) in [6.45, 7) is 5.40. The molecule has 3 heterocycles. The normalized spacial score (nSPS) is 21.9. The zero-order chi connectivity index (χ0) is 14.8. The van der Waals surface area contributed by atoms with E-state index >= 15 is 0 Å². The van der Waals surface area contributed by atoms with Crippen LogP contribution in [0.25, 0.3) is 0 Å². The van der Waals surface area contributed by atoms with Gasteiger partial charge in [-0.15, -0.1) is 11.3 Å². The molecule has 0 saturated carbocycles. The minimum atomic E-state index is 0.121. The Labute approximate surface area is 135 Å². The summed E-state index contributed by atoms with van der Waals surface area (Å²) < 4.78 is 0. The molecular weight excluding hydrogens is 298 g/mol. The molecule has 21 heavy (non-hydrogen) atoms. The third-order valence-electron chi connectivity index (χ3n) is 3.59. The Balaban J connectivity index is 1.98. The van der Waals surface area contributed by atoms with E-state index in [4.69, 9.17) is 12.2 Å². The number of thiocarbonyl (C=S) groups is 1. The average Bonchev–Trinajstić information content (AvgIpc) is 3.08. The fourth-order valence-electron chi connectivity index (χ4n) is 2.76. The molecule has 0 radical (unpaired) electrons. The summed E-state index contributed by atoms with van der Waals surface area (Å²) in [4.78, 5) is 8.17. The molecular formula is C16H19N3S2. The summed E-state index contributed by atoms with van der Waals surface area (Å²) in [6, 6.07) is 10.7. The van der Waals surface area contributed by atoms with Crippen LogP contribution >= 0.6 is 23.6 Å². The predicted octanol–water partition coefficient (Wildman–Crippen LogP) is 3.77. The second-order valence-corrected chi connectivity index (χ2v) is 7.05. The Bertz CT molecular complexity index is 595. The van der Waals surface area contributed by atoms with Gasteiger partial charge in [0.05, 0.1) is 17.8 Å². The molecule has 2 atom stereocenters. The largest absolute Gasteiger partial charge is 0.352 e. The average molecular weight is 317 g/mol. The number of nitrogens with zero attached hydrogens (tertiary/aromatic N) is 2. The maximum absolute atomic E-state index is 5.58. The maximum Gasteiger partial charge on any atom is 0.170 e. The van der Waals surface area contributed by atoms with Crippen molar-refractivity contribution < 1.29 is 0 Å².